The normalized spacial score (nSPS) is 11.0. The molecule has 26 heavy (non-hydrogen) atoms. The lowest BCUT2D eigenvalue weighted by molar-refractivity contribution is 0.0954. The number of benzene rings is 2. The van der Waals surface area contributed by atoms with Gasteiger partial charge >= 0.3 is 0 Å². The first-order valence-electron chi connectivity index (χ1n) is 7.41. The van der Waals surface area contributed by atoms with Crippen molar-refractivity contribution in [1.29, 1.82) is 0 Å². The molecule has 0 aliphatic carbocycles. The molecule has 1 aromatic heterocycles. The van der Waals surface area contributed by atoms with Gasteiger partial charge in [0.05, 0.1) is 24.3 Å². The third-order valence-corrected chi connectivity index (χ3v) is 3.81. The highest BCUT2D eigenvalue weighted by Gasteiger charge is 2.10. The van der Waals surface area contributed by atoms with Crippen molar-refractivity contribution in [2.75, 3.05) is 7.11 Å². The number of fused-ring (bicyclic) bond motifs is 1. The molecule has 0 radical (unpaired) electrons. The molecule has 0 fully saturated rings. The Bertz CT molecular complexity index is 1070. The molecule has 1 heterocycles. The minimum Gasteiger partial charge on any atom is -0.504 e. The quantitative estimate of drug-likeness (QED) is 0.541. The van der Waals surface area contributed by atoms with Gasteiger partial charge < -0.3 is 14.3 Å². The van der Waals surface area contributed by atoms with E-state index in [1.807, 2.05) is 0 Å². The third kappa shape index (κ3) is 3.52. The van der Waals surface area contributed by atoms with E-state index in [1.54, 1.807) is 12.1 Å². The molecule has 1 amide bonds. The van der Waals surface area contributed by atoms with Gasteiger partial charge in [-0.15, -0.1) is 0 Å². The van der Waals surface area contributed by atoms with Crippen LogP contribution in [-0.2, 0) is 0 Å². The Hall–Kier alpha value is -3.32. The highest BCUT2D eigenvalue weighted by molar-refractivity contribution is 6.31. The summed E-state index contributed by atoms with van der Waals surface area (Å²) in [5, 5.41) is 14.0. The molecular weight excluding hydrogens is 360 g/mol. The fourth-order valence-electron chi connectivity index (χ4n) is 2.25. The number of hydrogen-bond acceptors (Lipinski definition) is 6. The van der Waals surface area contributed by atoms with E-state index in [1.165, 1.54) is 43.9 Å². The van der Waals surface area contributed by atoms with Crippen molar-refractivity contribution < 1.29 is 19.1 Å². The van der Waals surface area contributed by atoms with Crippen LogP contribution in [0.15, 0.2) is 57.0 Å². The summed E-state index contributed by atoms with van der Waals surface area (Å²) in [6.45, 7) is 0. The smallest absolute Gasteiger partial charge is 0.271 e. The second-order valence-corrected chi connectivity index (χ2v) is 5.68. The molecule has 0 bridgehead atoms. The fraction of sp³-hybridized carbons (Fsp3) is 0.0556. The van der Waals surface area contributed by atoms with Gasteiger partial charge in [0.15, 0.2) is 11.5 Å². The van der Waals surface area contributed by atoms with Crippen molar-refractivity contribution in [3.8, 4) is 11.5 Å². The Morgan fingerprint density at radius 2 is 2.12 bits per heavy atom. The number of methoxy groups -OCH3 is 1. The SMILES string of the molecule is COc1cc(C(=O)N/N=C\c2coc3ccc(Cl)cc3c2=O)ccc1O. The van der Waals surface area contributed by atoms with Gasteiger partial charge in [0, 0.05) is 10.6 Å². The first kappa shape index (κ1) is 17.5. The third-order valence-electron chi connectivity index (χ3n) is 3.57. The molecule has 0 spiro atoms. The Kier molecular flexibility index (Phi) is 4.90. The highest BCUT2D eigenvalue weighted by atomic mass is 35.5. The van der Waals surface area contributed by atoms with E-state index in [-0.39, 0.29) is 28.1 Å². The molecule has 7 nitrogen and oxygen atoms in total. The first-order chi connectivity index (χ1) is 12.5. The van der Waals surface area contributed by atoms with Crippen LogP contribution in [0.2, 0.25) is 5.02 Å². The number of phenolic OH excluding ortho intramolecular Hbond substituents is 1. The molecule has 0 saturated carbocycles. The van der Waals surface area contributed by atoms with Crippen LogP contribution in [0.5, 0.6) is 11.5 Å². The number of halogens is 1. The number of carbonyl (C=O) groups excluding carboxylic acids is 1. The topological polar surface area (TPSA) is 101 Å². The molecule has 0 aliphatic heterocycles. The lowest BCUT2D eigenvalue weighted by Gasteiger charge is -2.05. The highest BCUT2D eigenvalue weighted by Crippen LogP contribution is 2.26. The van der Waals surface area contributed by atoms with Crippen molar-refractivity contribution in [2.24, 2.45) is 5.10 Å². The standard InChI is InChI=1S/C18H13ClN2O5/c1-25-16-6-10(2-4-14(16)22)18(24)21-20-8-11-9-26-15-5-3-12(19)7-13(15)17(11)23/h2-9,22H,1H3,(H,21,24)/b20-8-. The number of rotatable bonds is 4. The van der Waals surface area contributed by atoms with E-state index in [2.05, 4.69) is 10.5 Å². The number of aromatic hydroxyl groups is 1. The second kappa shape index (κ2) is 7.28. The minimum absolute atomic E-state index is 0.0833. The van der Waals surface area contributed by atoms with Crippen LogP contribution in [0.4, 0.5) is 0 Å². The summed E-state index contributed by atoms with van der Waals surface area (Å²) in [6, 6.07) is 8.83. The lowest BCUT2D eigenvalue weighted by Crippen LogP contribution is -2.18. The monoisotopic (exact) mass is 372 g/mol. The van der Waals surface area contributed by atoms with Crippen LogP contribution >= 0.6 is 11.6 Å². The summed E-state index contributed by atoms with van der Waals surface area (Å²) in [5.41, 5.74) is 2.76. The number of hydrogen-bond donors (Lipinski definition) is 2. The number of hydrazone groups is 1. The summed E-state index contributed by atoms with van der Waals surface area (Å²) < 4.78 is 10.3. The number of phenols is 1. The van der Waals surface area contributed by atoms with Crippen molar-refractivity contribution in [3.63, 3.8) is 0 Å². The van der Waals surface area contributed by atoms with E-state index in [4.69, 9.17) is 20.8 Å². The van der Waals surface area contributed by atoms with Crippen molar-refractivity contribution in [2.45, 2.75) is 0 Å². The van der Waals surface area contributed by atoms with E-state index < -0.39 is 5.91 Å². The average Bonchev–Trinajstić information content (AvgIpc) is 2.64. The summed E-state index contributed by atoms with van der Waals surface area (Å²) in [7, 11) is 1.38. The van der Waals surface area contributed by atoms with E-state index >= 15 is 0 Å². The van der Waals surface area contributed by atoms with Crippen LogP contribution in [-0.4, -0.2) is 24.3 Å². The Morgan fingerprint density at radius 3 is 2.88 bits per heavy atom. The largest absolute Gasteiger partial charge is 0.504 e. The van der Waals surface area contributed by atoms with Crippen LogP contribution in [0.3, 0.4) is 0 Å². The van der Waals surface area contributed by atoms with E-state index in [0.717, 1.165) is 0 Å². The zero-order valence-electron chi connectivity index (χ0n) is 13.5. The van der Waals surface area contributed by atoms with E-state index in [9.17, 15) is 14.7 Å². The summed E-state index contributed by atoms with van der Waals surface area (Å²) in [6.07, 6.45) is 2.43. The molecule has 2 aromatic carbocycles. The lowest BCUT2D eigenvalue weighted by atomic mass is 10.2. The average molecular weight is 373 g/mol. The maximum atomic E-state index is 12.4. The molecule has 2 N–H and O–H groups in total. The van der Waals surface area contributed by atoms with Gasteiger partial charge in [-0.05, 0) is 36.4 Å². The number of amides is 1. The zero-order chi connectivity index (χ0) is 18.7. The molecule has 3 rings (SSSR count). The molecule has 0 saturated heterocycles. The predicted octanol–water partition coefficient (Wildman–Crippen LogP) is 2.92. The number of nitrogens with zero attached hydrogens (tertiary/aromatic N) is 1. The maximum Gasteiger partial charge on any atom is 0.271 e. The number of ether oxygens (including phenoxy) is 1. The van der Waals surface area contributed by atoms with Gasteiger partial charge in [0.2, 0.25) is 5.43 Å². The first-order valence-corrected chi connectivity index (χ1v) is 7.79. The Morgan fingerprint density at radius 1 is 1.31 bits per heavy atom. The zero-order valence-corrected chi connectivity index (χ0v) is 14.3. The molecule has 0 unspecified atom stereocenters. The predicted molar refractivity (Wildman–Crippen MR) is 97.2 cm³/mol. The van der Waals surface area contributed by atoms with Gasteiger partial charge in [-0.1, -0.05) is 11.6 Å². The van der Waals surface area contributed by atoms with Crippen LogP contribution < -0.4 is 15.6 Å². The second-order valence-electron chi connectivity index (χ2n) is 5.25. The summed E-state index contributed by atoms with van der Waals surface area (Å²) in [4.78, 5) is 24.5. The van der Waals surface area contributed by atoms with Crippen LogP contribution in [0, 0.1) is 0 Å². The maximum absolute atomic E-state index is 12.4. The van der Waals surface area contributed by atoms with Crippen molar-refractivity contribution >= 4 is 34.7 Å². The fourth-order valence-corrected chi connectivity index (χ4v) is 2.42. The minimum atomic E-state index is -0.534. The van der Waals surface area contributed by atoms with Crippen LogP contribution in [0.1, 0.15) is 15.9 Å². The molecule has 8 heteroatoms. The molecule has 0 aliphatic rings. The molecule has 132 valence electrons. The molecule has 3 aromatic rings. The van der Waals surface area contributed by atoms with Crippen molar-refractivity contribution in [1.82, 2.24) is 5.43 Å². The van der Waals surface area contributed by atoms with Crippen molar-refractivity contribution in [3.05, 3.63) is 69.0 Å². The summed E-state index contributed by atoms with van der Waals surface area (Å²) in [5.74, 6) is -0.457. The van der Waals surface area contributed by atoms with Crippen LogP contribution in [0.25, 0.3) is 11.0 Å². The molecule has 0 atom stereocenters. The van der Waals surface area contributed by atoms with Gasteiger partial charge in [-0.2, -0.15) is 5.10 Å². The van der Waals surface area contributed by atoms with Gasteiger partial charge in [-0.25, -0.2) is 5.43 Å². The molecular formula is C18H13ClN2O5. The number of carbonyl (C=O) groups is 1. The van der Waals surface area contributed by atoms with Gasteiger partial charge in [0.1, 0.15) is 11.8 Å². The Labute approximate surface area is 152 Å². The van der Waals surface area contributed by atoms with Gasteiger partial charge in [0.25, 0.3) is 5.91 Å². The Balaban J connectivity index is 1.80. The van der Waals surface area contributed by atoms with Gasteiger partial charge in [-0.3, -0.25) is 9.59 Å². The number of nitrogens with one attached hydrogen (secondary N) is 1. The van der Waals surface area contributed by atoms with E-state index in [0.29, 0.717) is 16.0 Å². The summed E-state index contributed by atoms with van der Waals surface area (Å²) >= 11 is 5.89.